The Hall–Kier alpha value is -1.35. The highest BCUT2D eigenvalue weighted by molar-refractivity contribution is 5.77. The molecule has 3 heteroatoms. The van der Waals surface area contributed by atoms with Gasteiger partial charge < -0.3 is 10.6 Å². The van der Waals surface area contributed by atoms with Crippen LogP contribution in [-0.4, -0.2) is 29.9 Å². The van der Waals surface area contributed by atoms with Crippen LogP contribution >= 0.6 is 0 Å². The molecule has 1 aromatic carbocycles. The van der Waals surface area contributed by atoms with Gasteiger partial charge in [0.1, 0.15) is 0 Å². The molecule has 1 fully saturated rings. The van der Waals surface area contributed by atoms with Gasteiger partial charge in [0, 0.05) is 19.0 Å². The lowest BCUT2D eigenvalue weighted by Gasteiger charge is -2.24. The van der Waals surface area contributed by atoms with E-state index in [0.717, 1.165) is 45.2 Å². The average Bonchev–Trinajstić information content (AvgIpc) is 2.91. The van der Waals surface area contributed by atoms with Gasteiger partial charge in [0.15, 0.2) is 0 Å². The van der Waals surface area contributed by atoms with Crippen molar-refractivity contribution in [2.45, 2.75) is 51.5 Å². The first-order valence-electron chi connectivity index (χ1n) is 7.76. The Morgan fingerprint density at radius 1 is 1.45 bits per heavy atom. The summed E-state index contributed by atoms with van der Waals surface area (Å²) >= 11 is 0. The molecule has 2 rings (SSSR count). The van der Waals surface area contributed by atoms with E-state index in [-0.39, 0.29) is 0 Å². The van der Waals surface area contributed by atoms with Crippen molar-refractivity contribution in [1.82, 2.24) is 4.90 Å². The predicted octanol–water partition coefficient (Wildman–Crippen LogP) is 2.66. The summed E-state index contributed by atoms with van der Waals surface area (Å²) in [7, 11) is 0. The van der Waals surface area contributed by atoms with Gasteiger partial charge in [0.2, 0.25) is 5.91 Å². The van der Waals surface area contributed by atoms with Crippen LogP contribution in [0, 0.1) is 6.92 Å². The number of aryl methyl sites for hydroxylation is 2. The molecule has 1 unspecified atom stereocenters. The summed E-state index contributed by atoms with van der Waals surface area (Å²) in [6.45, 7) is 3.75. The molecule has 0 radical (unpaired) electrons. The van der Waals surface area contributed by atoms with Crippen LogP contribution in [0.4, 0.5) is 0 Å². The van der Waals surface area contributed by atoms with Gasteiger partial charge in [-0.1, -0.05) is 29.8 Å². The normalized spacial score (nSPS) is 18.5. The van der Waals surface area contributed by atoms with Crippen molar-refractivity contribution in [3.63, 3.8) is 0 Å². The summed E-state index contributed by atoms with van der Waals surface area (Å²) in [6.07, 6.45) is 5.85. The Morgan fingerprint density at radius 2 is 2.30 bits per heavy atom. The molecule has 1 saturated heterocycles. The lowest BCUT2D eigenvalue weighted by atomic mass is 10.1. The first-order chi connectivity index (χ1) is 9.70. The van der Waals surface area contributed by atoms with Crippen LogP contribution in [-0.2, 0) is 11.2 Å². The Morgan fingerprint density at radius 3 is 3.05 bits per heavy atom. The number of nitrogens with two attached hydrogens (primary N) is 1. The van der Waals surface area contributed by atoms with Gasteiger partial charge in [0.25, 0.3) is 0 Å². The number of carbonyl (C=O) groups is 1. The van der Waals surface area contributed by atoms with E-state index in [0.29, 0.717) is 18.4 Å². The summed E-state index contributed by atoms with van der Waals surface area (Å²) < 4.78 is 0. The number of likely N-dealkylation sites (tertiary alicyclic amines) is 1. The summed E-state index contributed by atoms with van der Waals surface area (Å²) in [6, 6.07) is 8.87. The minimum Gasteiger partial charge on any atom is -0.340 e. The quantitative estimate of drug-likeness (QED) is 0.867. The number of carbonyl (C=O) groups excluding carboxylic acids is 1. The smallest absolute Gasteiger partial charge is 0.223 e. The van der Waals surface area contributed by atoms with Crippen molar-refractivity contribution in [1.29, 1.82) is 0 Å². The summed E-state index contributed by atoms with van der Waals surface area (Å²) in [5.74, 6) is 0.311. The molecule has 0 bridgehead atoms. The molecular formula is C17H26N2O. The molecule has 1 aliphatic heterocycles. The van der Waals surface area contributed by atoms with Crippen LogP contribution < -0.4 is 5.73 Å². The van der Waals surface area contributed by atoms with Crippen molar-refractivity contribution in [2.24, 2.45) is 5.73 Å². The maximum absolute atomic E-state index is 12.4. The second kappa shape index (κ2) is 7.44. The number of benzene rings is 1. The molecule has 1 aromatic rings. The highest BCUT2D eigenvalue weighted by Crippen LogP contribution is 2.22. The number of amides is 1. The van der Waals surface area contributed by atoms with Crippen molar-refractivity contribution in [3.05, 3.63) is 35.4 Å². The summed E-state index contributed by atoms with van der Waals surface area (Å²) in [5, 5.41) is 0. The third-order valence-corrected chi connectivity index (χ3v) is 4.15. The van der Waals surface area contributed by atoms with E-state index in [2.05, 4.69) is 36.1 Å². The lowest BCUT2D eigenvalue weighted by molar-refractivity contribution is -0.132. The van der Waals surface area contributed by atoms with Gasteiger partial charge in [-0.05, 0) is 51.1 Å². The molecule has 1 atom stereocenters. The Bertz CT molecular complexity index is 444. The van der Waals surface area contributed by atoms with Crippen LogP contribution in [0.3, 0.4) is 0 Å². The third-order valence-electron chi connectivity index (χ3n) is 4.15. The van der Waals surface area contributed by atoms with Crippen LogP contribution in [0.5, 0.6) is 0 Å². The maximum atomic E-state index is 12.4. The molecule has 0 aliphatic carbocycles. The highest BCUT2D eigenvalue weighted by atomic mass is 16.2. The molecule has 110 valence electrons. The SMILES string of the molecule is Cc1cccc(CCC(=O)N2CCCC2CCCN)c1. The molecular weight excluding hydrogens is 248 g/mol. The van der Waals surface area contributed by atoms with Crippen molar-refractivity contribution in [3.8, 4) is 0 Å². The first kappa shape index (κ1) is 15.0. The van der Waals surface area contributed by atoms with E-state index in [1.807, 2.05) is 0 Å². The second-order valence-electron chi connectivity index (χ2n) is 5.80. The van der Waals surface area contributed by atoms with E-state index in [1.54, 1.807) is 0 Å². The van der Waals surface area contributed by atoms with Gasteiger partial charge in [0.05, 0.1) is 0 Å². The Labute approximate surface area is 122 Å². The van der Waals surface area contributed by atoms with Crippen LogP contribution in [0.15, 0.2) is 24.3 Å². The number of hydrogen-bond acceptors (Lipinski definition) is 2. The minimum atomic E-state index is 0.311. The number of rotatable bonds is 6. The Kier molecular flexibility index (Phi) is 5.60. The van der Waals surface area contributed by atoms with E-state index in [9.17, 15) is 4.79 Å². The van der Waals surface area contributed by atoms with Crippen LogP contribution in [0.2, 0.25) is 0 Å². The molecule has 1 aliphatic rings. The fraction of sp³-hybridized carbons (Fsp3) is 0.588. The molecule has 0 saturated carbocycles. The second-order valence-corrected chi connectivity index (χ2v) is 5.80. The summed E-state index contributed by atoms with van der Waals surface area (Å²) in [4.78, 5) is 14.5. The Balaban J connectivity index is 1.84. The van der Waals surface area contributed by atoms with E-state index in [1.165, 1.54) is 11.1 Å². The zero-order valence-corrected chi connectivity index (χ0v) is 12.5. The summed E-state index contributed by atoms with van der Waals surface area (Å²) in [5.41, 5.74) is 8.09. The van der Waals surface area contributed by atoms with Crippen molar-refractivity contribution >= 4 is 5.91 Å². The number of hydrogen-bond donors (Lipinski definition) is 1. The zero-order valence-electron chi connectivity index (χ0n) is 12.5. The van der Waals surface area contributed by atoms with Crippen LogP contribution in [0.1, 0.15) is 43.2 Å². The molecule has 3 nitrogen and oxygen atoms in total. The fourth-order valence-corrected chi connectivity index (χ4v) is 3.08. The largest absolute Gasteiger partial charge is 0.340 e. The van der Waals surface area contributed by atoms with Gasteiger partial charge in [-0.2, -0.15) is 0 Å². The third kappa shape index (κ3) is 4.07. The molecule has 20 heavy (non-hydrogen) atoms. The first-order valence-corrected chi connectivity index (χ1v) is 7.76. The predicted molar refractivity (Wildman–Crippen MR) is 82.5 cm³/mol. The zero-order chi connectivity index (χ0) is 14.4. The minimum absolute atomic E-state index is 0.311. The molecule has 0 aromatic heterocycles. The average molecular weight is 274 g/mol. The van der Waals surface area contributed by atoms with Gasteiger partial charge in [-0.15, -0.1) is 0 Å². The fourth-order valence-electron chi connectivity index (χ4n) is 3.08. The number of nitrogens with zero attached hydrogens (tertiary/aromatic N) is 1. The molecule has 1 heterocycles. The van der Waals surface area contributed by atoms with E-state index >= 15 is 0 Å². The maximum Gasteiger partial charge on any atom is 0.223 e. The van der Waals surface area contributed by atoms with Crippen molar-refractivity contribution < 1.29 is 4.79 Å². The van der Waals surface area contributed by atoms with Gasteiger partial charge in [-0.25, -0.2) is 0 Å². The monoisotopic (exact) mass is 274 g/mol. The van der Waals surface area contributed by atoms with E-state index < -0.39 is 0 Å². The van der Waals surface area contributed by atoms with Gasteiger partial charge in [-0.3, -0.25) is 4.79 Å². The van der Waals surface area contributed by atoms with Gasteiger partial charge >= 0.3 is 0 Å². The van der Waals surface area contributed by atoms with E-state index in [4.69, 9.17) is 5.73 Å². The molecule has 0 spiro atoms. The lowest BCUT2D eigenvalue weighted by Crippen LogP contribution is -2.35. The van der Waals surface area contributed by atoms with Crippen molar-refractivity contribution in [2.75, 3.05) is 13.1 Å². The molecule has 2 N–H and O–H groups in total. The standard InChI is InChI=1S/C17H26N2O/c1-14-5-2-6-15(13-14)9-10-17(20)19-12-4-8-16(19)7-3-11-18/h2,5-6,13,16H,3-4,7-12,18H2,1H3. The highest BCUT2D eigenvalue weighted by Gasteiger charge is 2.27. The molecule has 1 amide bonds. The van der Waals surface area contributed by atoms with Crippen LogP contribution in [0.25, 0.3) is 0 Å². The topological polar surface area (TPSA) is 46.3 Å².